The maximum Gasteiger partial charge on any atom is 0.196 e. The Morgan fingerprint density at radius 1 is 1.36 bits per heavy atom. The molecule has 1 N–H and O–H groups in total. The zero-order valence-corrected chi connectivity index (χ0v) is 17.7. The van der Waals surface area contributed by atoms with Crippen molar-refractivity contribution < 1.29 is 4.42 Å². The van der Waals surface area contributed by atoms with Crippen LogP contribution in [-0.4, -0.2) is 10.7 Å². The summed E-state index contributed by atoms with van der Waals surface area (Å²) in [5, 5.41) is 14.1. The van der Waals surface area contributed by atoms with Gasteiger partial charge >= 0.3 is 0 Å². The minimum atomic E-state index is -0.220. The Bertz CT molecular complexity index is 1150. The maximum atomic E-state index is 12.9. The Morgan fingerprint density at radius 2 is 2.11 bits per heavy atom. The van der Waals surface area contributed by atoms with E-state index < -0.39 is 0 Å². The number of fused-ring (bicyclic) bond motifs is 1. The minimum Gasteiger partial charge on any atom is -0.449 e. The lowest BCUT2D eigenvalue weighted by atomic mass is 10.0. The number of rotatable bonds is 5. The van der Waals surface area contributed by atoms with Crippen molar-refractivity contribution in [2.24, 2.45) is 0 Å². The minimum absolute atomic E-state index is 0.0137. The molecule has 0 saturated heterocycles. The molecule has 144 valence electrons. The number of anilines is 1. The molecule has 0 radical (unpaired) electrons. The van der Waals surface area contributed by atoms with E-state index in [1.165, 1.54) is 11.8 Å². The quantitative estimate of drug-likeness (QED) is 0.432. The number of aromatic nitrogens is 1. The molecule has 0 bridgehead atoms. The van der Waals surface area contributed by atoms with Crippen LogP contribution < -0.4 is 10.7 Å². The highest BCUT2D eigenvalue weighted by Crippen LogP contribution is 2.32. The zero-order valence-electron chi connectivity index (χ0n) is 16.1. The number of halogens is 1. The van der Waals surface area contributed by atoms with Gasteiger partial charge in [0, 0.05) is 11.1 Å². The van der Waals surface area contributed by atoms with Crippen molar-refractivity contribution in [3.05, 3.63) is 62.0 Å². The summed E-state index contributed by atoms with van der Waals surface area (Å²) in [5.74, 6) is 0.812. The van der Waals surface area contributed by atoms with E-state index in [4.69, 9.17) is 16.0 Å². The molecule has 3 aromatic rings. The highest BCUT2D eigenvalue weighted by atomic mass is 35.5. The Balaban J connectivity index is 2.14. The molecule has 1 unspecified atom stereocenters. The third-order valence-corrected chi connectivity index (χ3v) is 5.58. The smallest absolute Gasteiger partial charge is 0.196 e. The molecule has 0 aliphatic carbocycles. The fourth-order valence-corrected chi connectivity index (χ4v) is 3.95. The number of aryl methyl sites for hydroxylation is 1. The highest BCUT2D eigenvalue weighted by Gasteiger charge is 2.19. The first-order chi connectivity index (χ1) is 13.3. The molecule has 0 spiro atoms. The second kappa shape index (κ2) is 8.26. The van der Waals surface area contributed by atoms with Crippen LogP contribution in [0, 0.1) is 25.2 Å². The number of pyridine rings is 1. The number of thioether (sulfide) groups is 1. The standard InChI is InChI=1S/C21H20ClN3O2S/c1-5-28-21-12(3)19(26)15-9-11(2)8-14(20(15)27-21)13(4)24-16-6-7-18(22)25-17(16)10-23/h6-9,13,24H,5H2,1-4H3. The van der Waals surface area contributed by atoms with E-state index in [9.17, 15) is 10.1 Å². The van der Waals surface area contributed by atoms with Crippen LogP contribution in [-0.2, 0) is 0 Å². The van der Waals surface area contributed by atoms with Crippen LogP contribution >= 0.6 is 23.4 Å². The van der Waals surface area contributed by atoms with Crippen LogP contribution in [0.5, 0.6) is 0 Å². The fourth-order valence-electron chi connectivity index (χ4n) is 3.09. The lowest BCUT2D eigenvalue weighted by Gasteiger charge is -2.19. The molecule has 0 aliphatic rings. The summed E-state index contributed by atoms with van der Waals surface area (Å²) in [6.07, 6.45) is 0. The van der Waals surface area contributed by atoms with E-state index in [1.807, 2.05) is 39.0 Å². The normalized spacial score (nSPS) is 12.0. The summed E-state index contributed by atoms with van der Waals surface area (Å²) < 4.78 is 6.16. The van der Waals surface area contributed by atoms with Gasteiger partial charge in [0.1, 0.15) is 16.8 Å². The largest absolute Gasteiger partial charge is 0.449 e. The molecule has 2 aromatic heterocycles. The van der Waals surface area contributed by atoms with E-state index in [0.29, 0.717) is 27.3 Å². The zero-order chi connectivity index (χ0) is 20.4. The van der Waals surface area contributed by atoms with Gasteiger partial charge < -0.3 is 9.73 Å². The van der Waals surface area contributed by atoms with Crippen molar-refractivity contribution in [2.75, 3.05) is 11.1 Å². The summed E-state index contributed by atoms with van der Waals surface area (Å²) in [6.45, 7) is 7.72. The van der Waals surface area contributed by atoms with Crippen LogP contribution in [0.25, 0.3) is 11.0 Å². The number of hydrogen-bond donors (Lipinski definition) is 1. The van der Waals surface area contributed by atoms with Crippen molar-refractivity contribution in [1.29, 1.82) is 5.26 Å². The molecule has 1 atom stereocenters. The molecule has 7 heteroatoms. The van der Waals surface area contributed by atoms with Crippen LogP contribution in [0.3, 0.4) is 0 Å². The van der Waals surface area contributed by atoms with Crippen LogP contribution in [0.15, 0.2) is 38.6 Å². The van der Waals surface area contributed by atoms with Crippen molar-refractivity contribution in [2.45, 2.75) is 38.8 Å². The predicted molar refractivity (Wildman–Crippen MR) is 114 cm³/mol. The number of hydrogen-bond acceptors (Lipinski definition) is 6. The lowest BCUT2D eigenvalue weighted by Crippen LogP contribution is -2.13. The van der Waals surface area contributed by atoms with Gasteiger partial charge in [0.25, 0.3) is 0 Å². The highest BCUT2D eigenvalue weighted by molar-refractivity contribution is 7.99. The number of nitriles is 1. The summed E-state index contributed by atoms with van der Waals surface area (Å²) in [5.41, 5.74) is 3.79. The average Bonchev–Trinajstić information content (AvgIpc) is 2.67. The molecule has 3 rings (SSSR count). The molecule has 0 fully saturated rings. The molecular formula is C21H20ClN3O2S. The first-order valence-corrected chi connectivity index (χ1v) is 10.3. The third kappa shape index (κ3) is 3.87. The number of benzene rings is 1. The lowest BCUT2D eigenvalue weighted by molar-refractivity contribution is 0.488. The van der Waals surface area contributed by atoms with E-state index in [0.717, 1.165) is 16.9 Å². The van der Waals surface area contributed by atoms with Gasteiger partial charge in [0.15, 0.2) is 16.2 Å². The topological polar surface area (TPSA) is 78.9 Å². The Hall–Kier alpha value is -2.49. The molecule has 0 amide bonds. The molecular weight excluding hydrogens is 394 g/mol. The molecule has 1 aromatic carbocycles. The van der Waals surface area contributed by atoms with Gasteiger partial charge in [-0.2, -0.15) is 5.26 Å². The summed E-state index contributed by atoms with van der Waals surface area (Å²) >= 11 is 7.40. The van der Waals surface area contributed by atoms with Gasteiger partial charge in [-0.15, -0.1) is 0 Å². The molecule has 28 heavy (non-hydrogen) atoms. The van der Waals surface area contributed by atoms with Crippen molar-refractivity contribution in [3.8, 4) is 6.07 Å². The average molecular weight is 414 g/mol. The Kier molecular flexibility index (Phi) is 5.97. The van der Waals surface area contributed by atoms with E-state index in [-0.39, 0.29) is 22.3 Å². The van der Waals surface area contributed by atoms with Crippen LogP contribution in [0.4, 0.5) is 5.69 Å². The van der Waals surface area contributed by atoms with Gasteiger partial charge in [-0.05, 0) is 50.3 Å². The second-order valence-corrected chi connectivity index (χ2v) is 8.14. The second-order valence-electron chi connectivity index (χ2n) is 6.52. The molecule has 0 saturated carbocycles. The van der Waals surface area contributed by atoms with Gasteiger partial charge in [0.05, 0.1) is 17.1 Å². The summed E-state index contributed by atoms with van der Waals surface area (Å²) in [7, 11) is 0. The Labute approximate surface area is 172 Å². The SMILES string of the molecule is CCSc1oc2c(C(C)Nc3ccc(Cl)nc3C#N)cc(C)cc2c(=O)c1C. The first-order valence-electron chi connectivity index (χ1n) is 8.89. The molecule has 2 heterocycles. The van der Waals surface area contributed by atoms with Gasteiger partial charge in [0.2, 0.25) is 0 Å². The van der Waals surface area contributed by atoms with Crippen molar-refractivity contribution >= 4 is 40.0 Å². The predicted octanol–water partition coefficient (Wildman–Crippen LogP) is 5.62. The van der Waals surface area contributed by atoms with Gasteiger partial charge in [-0.3, -0.25) is 4.79 Å². The third-order valence-electron chi connectivity index (χ3n) is 4.43. The summed E-state index contributed by atoms with van der Waals surface area (Å²) in [6, 6.07) is 9.03. The van der Waals surface area contributed by atoms with Gasteiger partial charge in [-0.1, -0.05) is 36.4 Å². The van der Waals surface area contributed by atoms with Crippen LogP contribution in [0.2, 0.25) is 5.15 Å². The monoisotopic (exact) mass is 413 g/mol. The van der Waals surface area contributed by atoms with Gasteiger partial charge in [-0.25, -0.2) is 4.98 Å². The van der Waals surface area contributed by atoms with E-state index in [2.05, 4.69) is 10.3 Å². The van der Waals surface area contributed by atoms with Crippen LogP contribution in [0.1, 0.15) is 42.3 Å². The molecule has 0 aliphatic heterocycles. The summed E-state index contributed by atoms with van der Waals surface area (Å²) in [4.78, 5) is 16.9. The van der Waals surface area contributed by atoms with Crippen molar-refractivity contribution in [3.63, 3.8) is 0 Å². The first kappa shape index (κ1) is 20.2. The number of nitrogens with one attached hydrogen (secondary N) is 1. The fraction of sp³-hybridized carbons (Fsp3) is 0.286. The molecule has 5 nitrogen and oxygen atoms in total. The maximum absolute atomic E-state index is 12.9. The Morgan fingerprint density at radius 3 is 2.79 bits per heavy atom. The number of nitrogens with zero attached hydrogens (tertiary/aromatic N) is 2. The van der Waals surface area contributed by atoms with Crippen molar-refractivity contribution in [1.82, 2.24) is 4.98 Å². The van der Waals surface area contributed by atoms with E-state index in [1.54, 1.807) is 19.1 Å². The van der Waals surface area contributed by atoms with E-state index >= 15 is 0 Å².